The maximum atomic E-state index is 14.1. The Balaban J connectivity index is 1.69. The van der Waals surface area contributed by atoms with Crippen molar-refractivity contribution < 1.29 is 23.0 Å². The Morgan fingerprint density at radius 2 is 1.91 bits per heavy atom. The number of benzene rings is 2. The molecule has 0 bridgehead atoms. The van der Waals surface area contributed by atoms with Crippen LogP contribution in [0.25, 0.3) is 22.6 Å². The largest absolute Gasteiger partial charge is 0.508 e. The molecule has 1 heterocycles. The molecule has 1 aromatic heterocycles. The SMILES string of the molecule is Oc1ccc2nc(-c3cc(F)c(OCC4CC4)c(F)c3)oc2c1. The maximum Gasteiger partial charge on any atom is 0.227 e. The minimum absolute atomic E-state index is 0.0291. The van der Waals surface area contributed by atoms with E-state index in [1.54, 1.807) is 6.07 Å². The van der Waals surface area contributed by atoms with Crippen LogP contribution >= 0.6 is 0 Å². The molecule has 1 aliphatic rings. The van der Waals surface area contributed by atoms with Crippen molar-refractivity contribution in [3.8, 4) is 23.0 Å². The van der Waals surface area contributed by atoms with Crippen LogP contribution in [0.1, 0.15) is 12.8 Å². The predicted molar refractivity (Wildman–Crippen MR) is 79.2 cm³/mol. The molecule has 0 saturated heterocycles. The van der Waals surface area contributed by atoms with Crippen molar-refractivity contribution in [1.29, 1.82) is 0 Å². The van der Waals surface area contributed by atoms with Crippen molar-refractivity contribution >= 4 is 11.1 Å². The number of halogens is 2. The van der Waals surface area contributed by atoms with Crippen molar-refractivity contribution in [3.63, 3.8) is 0 Å². The fourth-order valence-corrected chi connectivity index (χ4v) is 2.34. The standard InChI is InChI=1S/C17H13F2NO3/c18-12-5-10(6-13(19)16(12)22-8-9-1-2-9)17-20-14-4-3-11(21)7-15(14)23-17/h3-7,9,21H,1-2,8H2. The minimum atomic E-state index is -0.786. The van der Waals surface area contributed by atoms with Crippen LogP contribution in [0, 0.1) is 17.6 Å². The molecule has 1 saturated carbocycles. The van der Waals surface area contributed by atoms with Crippen LogP contribution in [-0.4, -0.2) is 16.7 Å². The fourth-order valence-electron chi connectivity index (χ4n) is 2.34. The molecule has 23 heavy (non-hydrogen) atoms. The van der Waals surface area contributed by atoms with Gasteiger partial charge >= 0.3 is 0 Å². The highest BCUT2D eigenvalue weighted by molar-refractivity contribution is 5.77. The third kappa shape index (κ3) is 2.72. The van der Waals surface area contributed by atoms with Crippen molar-refractivity contribution in [1.82, 2.24) is 4.98 Å². The second-order valence-electron chi connectivity index (χ2n) is 5.69. The number of aromatic hydroxyl groups is 1. The van der Waals surface area contributed by atoms with Gasteiger partial charge in [-0.25, -0.2) is 13.8 Å². The number of fused-ring (bicyclic) bond motifs is 1. The average Bonchev–Trinajstić information content (AvgIpc) is 3.23. The van der Waals surface area contributed by atoms with Gasteiger partial charge in [0.05, 0.1) is 6.61 Å². The highest BCUT2D eigenvalue weighted by Crippen LogP contribution is 2.34. The van der Waals surface area contributed by atoms with Crippen molar-refractivity contribution in [2.24, 2.45) is 5.92 Å². The van der Waals surface area contributed by atoms with Crippen LogP contribution in [0.4, 0.5) is 8.78 Å². The molecule has 0 unspecified atom stereocenters. The van der Waals surface area contributed by atoms with Gasteiger partial charge in [-0.2, -0.15) is 0 Å². The van der Waals surface area contributed by atoms with Gasteiger partial charge in [-0.3, -0.25) is 0 Å². The van der Waals surface area contributed by atoms with Crippen molar-refractivity contribution in [2.45, 2.75) is 12.8 Å². The molecular weight excluding hydrogens is 304 g/mol. The summed E-state index contributed by atoms with van der Waals surface area (Å²) in [5, 5.41) is 9.42. The molecule has 1 N–H and O–H groups in total. The first-order valence-corrected chi connectivity index (χ1v) is 7.32. The molecule has 0 spiro atoms. The summed E-state index contributed by atoms with van der Waals surface area (Å²) in [4.78, 5) is 4.17. The van der Waals surface area contributed by atoms with Gasteiger partial charge in [0.2, 0.25) is 5.89 Å². The first-order valence-electron chi connectivity index (χ1n) is 7.32. The number of hydrogen-bond acceptors (Lipinski definition) is 4. The summed E-state index contributed by atoms with van der Waals surface area (Å²) < 4.78 is 38.9. The molecule has 0 aliphatic heterocycles. The van der Waals surface area contributed by atoms with Crippen LogP contribution in [0.2, 0.25) is 0 Å². The van der Waals surface area contributed by atoms with Gasteiger partial charge in [0, 0.05) is 11.6 Å². The van der Waals surface area contributed by atoms with E-state index < -0.39 is 11.6 Å². The Labute approximate surface area is 130 Å². The number of aromatic nitrogens is 1. The normalized spacial score (nSPS) is 14.3. The van der Waals surface area contributed by atoms with E-state index in [2.05, 4.69) is 4.98 Å². The number of nitrogens with zero attached hydrogens (tertiary/aromatic N) is 1. The van der Waals surface area contributed by atoms with Crippen LogP contribution < -0.4 is 4.74 Å². The Kier molecular flexibility index (Phi) is 3.18. The third-order valence-corrected chi connectivity index (χ3v) is 3.78. The Hall–Kier alpha value is -2.63. The number of oxazole rings is 1. The van der Waals surface area contributed by atoms with Gasteiger partial charge < -0.3 is 14.3 Å². The Morgan fingerprint density at radius 1 is 1.17 bits per heavy atom. The topological polar surface area (TPSA) is 55.5 Å². The van der Waals surface area contributed by atoms with Gasteiger partial charge in [-0.05, 0) is 43.0 Å². The quantitative estimate of drug-likeness (QED) is 0.781. The second kappa shape index (κ2) is 5.22. The number of ether oxygens (including phenoxy) is 1. The molecule has 1 aliphatic carbocycles. The Morgan fingerprint density at radius 3 is 2.61 bits per heavy atom. The zero-order chi connectivity index (χ0) is 16.0. The monoisotopic (exact) mass is 317 g/mol. The lowest BCUT2D eigenvalue weighted by Gasteiger charge is -2.08. The van der Waals surface area contributed by atoms with E-state index in [-0.39, 0.29) is 23.0 Å². The average molecular weight is 317 g/mol. The molecule has 0 atom stereocenters. The zero-order valence-electron chi connectivity index (χ0n) is 12.1. The summed E-state index contributed by atoms with van der Waals surface area (Å²) >= 11 is 0. The smallest absolute Gasteiger partial charge is 0.227 e. The molecular formula is C17H13F2NO3. The lowest BCUT2D eigenvalue weighted by molar-refractivity contribution is 0.270. The molecule has 4 nitrogen and oxygen atoms in total. The highest BCUT2D eigenvalue weighted by Gasteiger charge is 2.24. The number of rotatable bonds is 4. The predicted octanol–water partition coefficient (Wildman–Crippen LogP) is 4.27. The first-order chi connectivity index (χ1) is 11.1. The van der Waals surface area contributed by atoms with Gasteiger partial charge in [-0.1, -0.05) is 0 Å². The summed E-state index contributed by atoms with van der Waals surface area (Å²) in [7, 11) is 0. The number of phenolic OH excluding ortho intramolecular Hbond substituents is 1. The van der Waals surface area contributed by atoms with Gasteiger partial charge in [0.1, 0.15) is 11.3 Å². The summed E-state index contributed by atoms with van der Waals surface area (Å²) in [6.45, 7) is 0.329. The van der Waals surface area contributed by atoms with Crippen LogP contribution in [0.5, 0.6) is 11.5 Å². The van der Waals surface area contributed by atoms with Crippen molar-refractivity contribution in [2.75, 3.05) is 6.61 Å². The molecule has 0 radical (unpaired) electrons. The lowest BCUT2D eigenvalue weighted by atomic mass is 10.2. The number of hydrogen-bond donors (Lipinski definition) is 1. The Bertz CT molecular complexity index is 864. The van der Waals surface area contributed by atoms with Crippen LogP contribution in [0.3, 0.4) is 0 Å². The van der Waals surface area contributed by atoms with E-state index in [0.29, 0.717) is 23.6 Å². The summed E-state index contributed by atoms with van der Waals surface area (Å²) in [5.74, 6) is -1.43. The molecule has 2 aromatic carbocycles. The molecule has 118 valence electrons. The van der Waals surface area contributed by atoms with E-state index in [1.165, 1.54) is 12.1 Å². The first kappa shape index (κ1) is 14.0. The van der Waals surface area contributed by atoms with E-state index in [1.807, 2.05) is 0 Å². The lowest BCUT2D eigenvalue weighted by Crippen LogP contribution is -2.03. The fraction of sp³-hybridized carbons (Fsp3) is 0.235. The van der Waals surface area contributed by atoms with Gasteiger partial charge in [0.15, 0.2) is 23.0 Å². The van der Waals surface area contributed by atoms with E-state index in [4.69, 9.17) is 9.15 Å². The molecule has 0 amide bonds. The number of phenols is 1. The molecule has 1 fully saturated rings. The van der Waals surface area contributed by atoms with E-state index in [9.17, 15) is 13.9 Å². The van der Waals surface area contributed by atoms with E-state index >= 15 is 0 Å². The van der Waals surface area contributed by atoms with E-state index in [0.717, 1.165) is 25.0 Å². The minimum Gasteiger partial charge on any atom is -0.508 e. The van der Waals surface area contributed by atoms with Crippen molar-refractivity contribution in [3.05, 3.63) is 42.0 Å². The second-order valence-corrected chi connectivity index (χ2v) is 5.69. The summed E-state index contributed by atoms with van der Waals surface area (Å²) in [6.07, 6.45) is 2.08. The zero-order valence-corrected chi connectivity index (χ0v) is 12.1. The van der Waals surface area contributed by atoms with Crippen LogP contribution in [-0.2, 0) is 0 Å². The third-order valence-electron chi connectivity index (χ3n) is 3.78. The van der Waals surface area contributed by atoms with Gasteiger partial charge in [0.25, 0.3) is 0 Å². The summed E-state index contributed by atoms with van der Waals surface area (Å²) in [6, 6.07) is 6.69. The molecule has 3 aromatic rings. The van der Waals surface area contributed by atoms with Crippen LogP contribution in [0.15, 0.2) is 34.7 Å². The highest BCUT2D eigenvalue weighted by atomic mass is 19.1. The van der Waals surface area contributed by atoms with Gasteiger partial charge in [-0.15, -0.1) is 0 Å². The molecule has 4 rings (SSSR count). The maximum absolute atomic E-state index is 14.1. The molecule has 6 heteroatoms. The summed E-state index contributed by atoms with van der Waals surface area (Å²) in [5.41, 5.74) is 1.01.